The van der Waals surface area contributed by atoms with Gasteiger partial charge in [0.1, 0.15) is 5.75 Å². The predicted molar refractivity (Wildman–Crippen MR) is 90.9 cm³/mol. The number of ether oxygens (including phenoxy) is 1. The third-order valence-electron chi connectivity index (χ3n) is 3.47. The summed E-state index contributed by atoms with van der Waals surface area (Å²) in [6, 6.07) is 10.4. The van der Waals surface area contributed by atoms with Gasteiger partial charge in [0.2, 0.25) is 10.0 Å². The van der Waals surface area contributed by atoms with Crippen LogP contribution in [0.4, 0.5) is 10.1 Å². The van der Waals surface area contributed by atoms with Gasteiger partial charge in [-0.25, -0.2) is 12.8 Å². The summed E-state index contributed by atoms with van der Waals surface area (Å²) in [7, 11) is -2.12. The Bertz CT molecular complexity index is 799. The maximum absolute atomic E-state index is 14.0. The lowest BCUT2D eigenvalue weighted by Crippen LogP contribution is -2.11. The van der Waals surface area contributed by atoms with Crippen LogP contribution in [0.15, 0.2) is 36.4 Å². The van der Waals surface area contributed by atoms with Crippen LogP contribution in [0.5, 0.6) is 5.75 Å². The summed E-state index contributed by atoms with van der Waals surface area (Å²) in [4.78, 5) is 0. The number of hydrogen-bond acceptors (Lipinski definition) is 3. The first-order chi connectivity index (χ1) is 10.7. The molecule has 2 rings (SSSR count). The topological polar surface area (TPSA) is 55.4 Å². The van der Waals surface area contributed by atoms with Crippen LogP contribution in [0.3, 0.4) is 0 Å². The largest absolute Gasteiger partial charge is 0.496 e. The highest BCUT2D eigenvalue weighted by Gasteiger charge is 2.15. The smallest absolute Gasteiger partial charge is 0.229 e. The Morgan fingerprint density at radius 1 is 1.13 bits per heavy atom. The summed E-state index contributed by atoms with van der Waals surface area (Å²) in [5, 5.41) is 0. The molecular weight excluding hydrogens is 317 g/mol. The van der Waals surface area contributed by atoms with Crippen LogP contribution in [0.1, 0.15) is 25.3 Å². The molecule has 0 atom stereocenters. The number of halogens is 1. The van der Waals surface area contributed by atoms with E-state index in [0.717, 1.165) is 11.8 Å². The molecule has 0 aliphatic heterocycles. The van der Waals surface area contributed by atoms with Crippen molar-refractivity contribution in [1.82, 2.24) is 0 Å². The third kappa shape index (κ3) is 4.22. The molecule has 4 nitrogen and oxygen atoms in total. The van der Waals surface area contributed by atoms with Gasteiger partial charge in [-0.15, -0.1) is 0 Å². The van der Waals surface area contributed by atoms with Crippen molar-refractivity contribution in [3.8, 4) is 16.9 Å². The highest BCUT2D eigenvalue weighted by molar-refractivity contribution is 7.92. The molecule has 0 aliphatic carbocycles. The lowest BCUT2D eigenvalue weighted by atomic mass is 9.98. The molecule has 0 heterocycles. The fourth-order valence-electron chi connectivity index (χ4n) is 2.28. The first-order valence-electron chi connectivity index (χ1n) is 7.17. The molecule has 0 fully saturated rings. The highest BCUT2D eigenvalue weighted by atomic mass is 32.2. The van der Waals surface area contributed by atoms with Crippen molar-refractivity contribution in [2.24, 2.45) is 0 Å². The van der Waals surface area contributed by atoms with E-state index in [1.165, 1.54) is 24.8 Å². The number of rotatable bonds is 5. The quantitative estimate of drug-likeness (QED) is 0.897. The van der Waals surface area contributed by atoms with Crippen molar-refractivity contribution < 1.29 is 17.5 Å². The Balaban J connectivity index is 2.53. The number of methoxy groups -OCH3 is 1. The molecule has 124 valence electrons. The lowest BCUT2D eigenvalue weighted by molar-refractivity contribution is 0.413. The Kier molecular flexibility index (Phi) is 4.94. The Labute approximate surface area is 136 Å². The summed E-state index contributed by atoms with van der Waals surface area (Å²) >= 11 is 0. The summed E-state index contributed by atoms with van der Waals surface area (Å²) in [6.45, 7) is 4.20. The van der Waals surface area contributed by atoms with Crippen molar-refractivity contribution in [2.75, 3.05) is 18.1 Å². The van der Waals surface area contributed by atoms with Gasteiger partial charge in [0, 0.05) is 11.6 Å². The van der Waals surface area contributed by atoms with E-state index in [0.29, 0.717) is 17.2 Å². The van der Waals surface area contributed by atoms with Crippen molar-refractivity contribution >= 4 is 15.7 Å². The fourth-order valence-corrected chi connectivity index (χ4v) is 2.83. The number of hydrogen-bond donors (Lipinski definition) is 1. The van der Waals surface area contributed by atoms with Crippen molar-refractivity contribution in [3.05, 3.63) is 47.8 Å². The molecule has 0 radical (unpaired) electrons. The zero-order chi connectivity index (χ0) is 17.2. The molecule has 0 aliphatic rings. The molecule has 0 saturated heterocycles. The molecule has 1 N–H and O–H groups in total. The van der Waals surface area contributed by atoms with Gasteiger partial charge >= 0.3 is 0 Å². The Hall–Kier alpha value is -2.08. The Morgan fingerprint density at radius 2 is 1.74 bits per heavy atom. The fraction of sp³-hybridized carbons (Fsp3) is 0.294. The first-order valence-corrected chi connectivity index (χ1v) is 9.06. The van der Waals surface area contributed by atoms with Crippen LogP contribution in [-0.4, -0.2) is 21.8 Å². The van der Waals surface area contributed by atoms with Crippen LogP contribution in [0.2, 0.25) is 0 Å². The number of nitrogens with one attached hydrogen (secondary N) is 1. The molecule has 23 heavy (non-hydrogen) atoms. The number of benzene rings is 2. The second-order valence-corrected chi connectivity index (χ2v) is 7.43. The van der Waals surface area contributed by atoms with Gasteiger partial charge in [-0.2, -0.15) is 0 Å². The van der Waals surface area contributed by atoms with Gasteiger partial charge in [-0.1, -0.05) is 38.1 Å². The SMILES string of the molecule is COc1cc(F)c(NS(C)(=O)=O)cc1-c1ccc(C(C)C)cc1. The monoisotopic (exact) mass is 337 g/mol. The zero-order valence-corrected chi connectivity index (χ0v) is 14.4. The molecule has 0 unspecified atom stereocenters. The third-order valence-corrected chi connectivity index (χ3v) is 4.06. The maximum Gasteiger partial charge on any atom is 0.229 e. The van der Waals surface area contributed by atoms with Crippen molar-refractivity contribution in [2.45, 2.75) is 19.8 Å². The highest BCUT2D eigenvalue weighted by Crippen LogP contribution is 2.35. The van der Waals surface area contributed by atoms with E-state index in [1.807, 2.05) is 24.3 Å². The summed E-state index contributed by atoms with van der Waals surface area (Å²) in [5.74, 6) is 0.0651. The number of anilines is 1. The molecular formula is C17H20FNO3S. The van der Waals surface area contributed by atoms with Crippen LogP contribution in [-0.2, 0) is 10.0 Å². The van der Waals surface area contributed by atoms with Gasteiger partial charge in [0.15, 0.2) is 5.82 Å². The number of sulfonamides is 1. The second-order valence-electron chi connectivity index (χ2n) is 5.68. The van der Waals surface area contributed by atoms with E-state index in [4.69, 9.17) is 4.74 Å². The maximum atomic E-state index is 14.0. The van der Waals surface area contributed by atoms with E-state index < -0.39 is 15.8 Å². The minimum atomic E-state index is -3.57. The van der Waals surface area contributed by atoms with Crippen LogP contribution in [0.25, 0.3) is 11.1 Å². The molecule has 0 saturated carbocycles. The van der Waals surface area contributed by atoms with E-state index >= 15 is 0 Å². The zero-order valence-electron chi connectivity index (χ0n) is 13.6. The van der Waals surface area contributed by atoms with Gasteiger partial charge in [-0.05, 0) is 23.1 Å². The molecule has 0 bridgehead atoms. The van der Waals surface area contributed by atoms with Gasteiger partial charge in [0.25, 0.3) is 0 Å². The molecule has 0 aromatic heterocycles. The summed E-state index contributed by atoms with van der Waals surface area (Å²) in [5.41, 5.74) is 2.53. The van der Waals surface area contributed by atoms with E-state index in [9.17, 15) is 12.8 Å². The first kappa shape index (κ1) is 17.3. The van der Waals surface area contributed by atoms with Crippen molar-refractivity contribution in [1.29, 1.82) is 0 Å². The predicted octanol–water partition coefficient (Wildman–Crippen LogP) is 4.00. The minimum absolute atomic E-state index is 0.101. The standard InChI is InChI=1S/C17H20FNO3S/c1-11(2)12-5-7-13(8-6-12)14-9-16(19-23(4,20)21)15(18)10-17(14)22-3/h5-11,19H,1-4H3. The van der Waals surface area contributed by atoms with Crippen LogP contribution < -0.4 is 9.46 Å². The normalized spacial score (nSPS) is 11.6. The van der Waals surface area contributed by atoms with E-state index in [2.05, 4.69) is 18.6 Å². The van der Waals surface area contributed by atoms with E-state index in [1.54, 1.807) is 0 Å². The molecule has 0 amide bonds. The van der Waals surface area contributed by atoms with Gasteiger partial charge in [-0.3, -0.25) is 4.72 Å². The molecule has 2 aromatic carbocycles. The Morgan fingerprint density at radius 3 is 2.22 bits per heavy atom. The van der Waals surface area contributed by atoms with Gasteiger partial charge in [0.05, 0.1) is 19.1 Å². The van der Waals surface area contributed by atoms with E-state index in [-0.39, 0.29) is 5.69 Å². The van der Waals surface area contributed by atoms with Crippen molar-refractivity contribution in [3.63, 3.8) is 0 Å². The molecule has 2 aromatic rings. The molecule has 0 spiro atoms. The summed E-state index contributed by atoms with van der Waals surface area (Å²) < 4.78 is 44.2. The second kappa shape index (κ2) is 6.58. The molecule has 6 heteroatoms. The average Bonchev–Trinajstić information content (AvgIpc) is 2.47. The van der Waals surface area contributed by atoms with Crippen LogP contribution in [0, 0.1) is 5.82 Å². The summed E-state index contributed by atoms with van der Waals surface area (Å²) in [6.07, 6.45) is 0.980. The average molecular weight is 337 g/mol. The van der Waals surface area contributed by atoms with Crippen LogP contribution >= 0.6 is 0 Å². The lowest BCUT2D eigenvalue weighted by Gasteiger charge is -2.14. The van der Waals surface area contributed by atoms with Gasteiger partial charge < -0.3 is 4.74 Å². The minimum Gasteiger partial charge on any atom is -0.496 e.